The minimum absolute atomic E-state index is 0.177. The maximum atomic E-state index is 6.16. The third-order valence-electron chi connectivity index (χ3n) is 5.25. The Labute approximate surface area is 160 Å². The third-order valence-corrected chi connectivity index (χ3v) is 5.25. The van der Waals surface area contributed by atoms with Crippen LogP contribution in [0.15, 0.2) is 97.1 Å². The summed E-state index contributed by atoms with van der Waals surface area (Å²) in [7, 11) is 0. The van der Waals surface area contributed by atoms with Crippen molar-refractivity contribution in [3.05, 3.63) is 103 Å². The van der Waals surface area contributed by atoms with Gasteiger partial charge in [-0.25, -0.2) is 0 Å². The first kappa shape index (κ1) is 16.0. The number of ether oxygens (including phenoxy) is 1. The van der Waals surface area contributed by atoms with Crippen molar-refractivity contribution >= 4 is 23.1 Å². The lowest BCUT2D eigenvalue weighted by atomic mass is 9.36. The van der Waals surface area contributed by atoms with Crippen molar-refractivity contribution < 1.29 is 4.74 Å². The second kappa shape index (κ2) is 6.48. The average Bonchev–Trinajstić information content (AvgIpc) is 2.72. The van der Waals surface area contributed by atoms with Gasteiger partial charge < -0.3 is 4.74 Å². The molecule has 0 unspecified atom stereocenters. The van der Waals surface area contributed by atoms with Crippen LogP contribution in [0.4, 0.5) is 0 Å². The second-order valence-corrected chi connectivity index (χ2v) is 7.11. The lowest BCUT2D eigenvalue weighted by Gasteiger charge is -2.26. The van der Waals surface area contributed by atoms with Crippen molar-refractivity contribution in [2.45, 2.75) is 6.92 Å². The highest BCUT2D eigenvalue weighted by Crippen LogP contribution is 2.25. The molecule has 1 aliphatic heterocycles. The number of fused-ring (bicyclic) bond motifs is 2. The molecule has 128 valence electrons. The molecule has 5 rings (SSSR count). The summed E-state index contributed by atoms with van der Waals surface area (Å²) >= 11 is 0. The van der Waals surface area contributed by atoms with Gasteiger partial charge in [-0.3, -0.25) is 0 Å². The smallest absolute Gasteiger partial charge is 0.250 e. The van der Waals surface area contributed by atoms with E-state index in [1.165, 1.54) is 33.1 Å². The lowest BCUT2D eigenvalue weighted by molar-refractivity contribution is 0.487. The van der Waals surface area contributed by atoms with Gasteiger partial charge in [0, 0.05) is 0 Å². The van der Waals surface area contributed by atoms with Gasteiger partial charge in [0.15, 0.2) is 0 Å². The molecule has 0 aromatic heterocycles. The number of benzene rings is 4. The summed E-state index contributed by atoms with van der Waals surface area (Å²) in [5.41, 5.74) is 7.51. The van der Waals surface area contributed by atoms with Gasteiger partial charge in [-0.05, 0) is 41.1 Å². The highest BCUT2D eigenvalue weighted by molar-refractivity contribution is 6.97. The van der Waals surface area contributed by atoms with Crippen molar-refractivity contribution in [1.82, 2.24) is 0 Å². The fourth-order valence-electron chi connectivity index (χ4n) is 3.99. The zero-order chi connectivity index (χ0) is 18.2. The fourth-order valence-corrected chi connectivity index (χ4v) is 3.99. The van der Waals surface area contributed by atoms with Gasteiger partial charge in [-0.1, -0.05) is 96.0 Å². The summed E-state index contributed by atoms with van der Waals surface area (Å²) in [5.74, 6) is 1.89. The van der Waals surface area contributed by atoms with Gasteiger partial charge in [0.25, 0.3) is 6.71 Å². The summed E-state index contributed by atoms with van der Waals surface area (Å²) < 4.78 is 6.16. The molecule has 0 atom stereocenters. The van der Waals surface area contributed by atoms with E-state index in [1.54, 1.807) is 0 Å². The van der Waals surface area contributed by atoms with Crippen molar-refractivity contribution in [1.29, 1.82) is 0 Å². The predicted molar refractivity (Wildman–Crippen MR) is 114 cm³/mol. The molecular formula is C25H19BO. The molecule has 27 heavy (non-hydrogen) atoms. The maximum Gasteiger partial charge on any atom is 0.250 e. The first-order valence-electron chi connectivity index (χ1n) is 9.32. The standard InChI is InChI=1S/C25H19BO/c1-18-8-6-9-19(16-18)20-10-7-11-21(17-20)26-22-12-2-4-14-24(22)27-25-15-5-3-13-23(25)26/h2-17H,1H3. The molecule has 1 aliphatic rings. The van der Waals surface area contributed by atoms with Gasteiger partial charge in [-0.2, -0.15) is 0 Å². The van der Waals surface area contributed by atoms with Gasteiger partial charge in [0.2, 0.25) is 0 Å². The molecule has 4 aromatic rings. The molecular weight excluding hydrogens is 327 g/mol. The average molecular weight is 346 g/mol. The number of para-hydroxylation sites is 2. The van der Waals surface area contributed by atoms with Gasteiger partial charge >= 0.3 is 0 Å². The fraction of sp³-hybridized carbons (Fsp3) is 0.0400. The van der Waals surface area contributed by atoms with Crippen molar-refractivity contribution in [3.63, 3.8) is 0 Å². The van der Waals surface area contributed by atoms with E-state index < -0.39 is 0 Å². The van der Waals surface area contributed by atoms with Crippen LogP contribution in [0.2, 0.25) is 0 Å². The lowest BCUT2D eigenvalue weighted by Crippen LogP contribution is -2.54. The van der Waals surface area contributed by atoms with Crippen molar-refractivity contribution in [3.8, 4) is 22.6 Å². The Hall–Kier alpha value is -3.26. The van der Waals surface area contributed by atoms with Gasteiger partial charge in [0.05, 0.1) is 0 Å². The van der Waals surface area contributed by atoms with Crippen LogP contribution in [0.1, 0.15) is 5.56 Å². The Morgan fingerprint density at radius 3 is 1.85 bits per heavy atom. The molecule has 4 aromatic carbocycles. The minimum Gasteiger partial charge on any atom is -0.458 e. The van der Waals surface area contributed by atoms with E-state index in [-0.39, 0.29) is 6.71 Å². The SMILES string of the molecule is Cc1cccc(-c2cccc(B3c4ccccc4Oc4ccccc43)c2)c1. The van der Waals surface area contributed by atoms with E-state index in [4.69, 9.17) is 4.74 Å². The van der Waals surface area contributed by atoms with Crippen LogP contribution >= 0.6 is 0 Å². The van der Waals surface area contributed by atoms with Crippen molar-refractivity contribution in [2.75, 3.05) is 0 Å². The Morgan fingerprint density at radius 1 is 0.593 bits per heavy atom. The molecule has 1 heterocycles. The molecule has 0 radical (unpaired) electrons. The van der Waals surface area contributed by atoms with E-state index in [9.17, 15) is 0 Å². The van der Waals surface area contributed by atoms with E-state index in [0.717, 1.165) is 11.5 Å². The van der Waals surface area contributed by atoms with Crippen molar-refractivity contribution in [2.24, 2.45) is 0 Å². The van der Waals surface area contributed by atoms with Crippen LogP contribution in [0, 0.1) is 6.92 Å². The zero-order valence-electron chi connectivity index (χ0n) is 15.2. The molecule has 1 nitrogen and oxygen atoms in total. The first-order valence-corrected chi connectivity index (χ1v) is 9.32. The third kappa shape index (κ3) is 2.84. The topological polar surface area (TPSA) is 9.23 Å². The number of hydrogen-bond acceptors (Lipinski definition) is 1. The summed E-state index contributed by atoms with van der Waals surface area (Å²) in [6.07, 6.45) is 0. The zero-order valence-corrected chi connectivity index (χ0v) is 15.2. The van der Waals surface area contributed by atoms with Gasteiger partial charge in [-0.15, -0.1) is 0 Å². The molecule has 2 heteroatoms. The normalized spacial score (nSPS) is 12.1. The van der Waals surface area contributed by atoms with Crippen LogP contribution in [-0.2, 0) is 0 Å². The molecule has 0 aliphatic carbocycles. The molecule has 0 N–H and O–H groups in total. The first-order chi connectivity index (χ1) is 13.3. The van der Waals surface area contributed by atoms with E-state index in [2.05, 4.69) is 91.9 Å². The minimum atomic E-state index is 0.177. The van der Waals surface area contributed by atoms with Gasteiger partial charge in [0.1, 0.15) is 11.5 Å². The number of hydrogen-bond donors (Lipinski definition) is 0. The molecule has 0 saturated carbocycles. The Balaban J connectivity index is 1.68. The van der Waals surface area contributed by atoms with E-state index >= 15 is 0 Å². The molecule has 0 amide bonds. The largest absolute Gasteiger partial charge is 0.458 e. The number of aryl methyl sites for hydroxylation is 1. The summed E-state index contributed by atoms with van der Waals surface area (Å²) in [5, 5.41) is 0. The summed E-state index contributed by atoms with van der Waals surface area (Å²) in [4.78, 5) is 0. The summed E-state index contributed by atoms with van der Waals surface area (Å²) in [6.45, 7) is 2.31. The maximum absolute atomic E-state index is 6.16. The van der Waals surface area contributed by atoms with Crippen LogP contribution in [-0.4, -0.2) is 6.71 Å². The van der Waals surface area contributed by atoms with E-state index in [0.29, 0.717) is 0 Å². The van der Waals surface area contributed by atoms with Crippen LogP contribution in [0.25, 0.3) is 11.1 Å². The second-order valence-electron chi connectivity index (χ2n) is 7.11. The monoisotopic (exact) mass is 346 g/mol. The molecule has 0 saturated heterocycles. The van der Waals surface area contributed by atoms with Crippen LogP contribution in [0.5, 0.6) is 11.5 Å². The molecule has 0 bridgehead atoms. The van der Waals surface area contributed by atoms with Crippen LogP contribution in [0.3, 0.4) is 0 Å². The van der Waals surface area contributed by atoms with Crippen LogP contribution < -0.4 is 21.1 Å². The molecule has 0 fully saturated rings. The Morgan fingerprint density at radius 2 is 1.19 bits per heavy atom. The number of rotatable bonds is 2. The Kier molecular flexibility index (Phi) is 3.83. The predicted octanol–water partition coefficient (Wildman–Crippen LogP) is 4.28. The summed E-state index contributed by atoms with van der Waals surface area (Å²) in [6, 6.07) is 34.3. The van der Waals surface area contributed by atoms with E-state index in [1.807, 2.05) is 12.1 Å². The Bertz CT molecular complexity index is 1090. The highest BCUT2D eigenvalue weighted by atomic mass is 16.5. The highest BCUT2D eigenvalue weighted by Gasteiger charge is 2.31. The molecule has 0 spiro atoms. The quantitative estimate of drug-likeness (QED) is 0.434.